The number of hydrogen-bond acceptors (Lipinski definition) is 3. The van der Waals surface area contributed by atoms with Crippen LogP contribution in [0.5, 0.6) is 0 Å². The zero-order valence-electron chi connectivity index (χ0n) is 12.8. The van der Waals surface area contributed by atoms with E-state index in [0.29, 0.717) is 24.2 Å². The number of carbonyl (C=O) groups is 3. The van der Waals surface area contributed by atoms with Crippen molar-refractivity contribution in [1.29, 1.82) is 0 Å². The molecule has 1 aliphatic rings. The number of carboxylic acids is 1. The van der Waals surface area contributed by atoms with Crippen LogP contribution < -0.4 is 11.1 Å². The Morgan fingerprint density at radius 1 is 1.22 bits per heavy atom. The quantitative estimate of drug-likeness (QED) is 0.770. The van der Waals surface area contributed by atoms with Crippen molar-refractivity contribution in [2.24, 2.45) is 5.73 Å². The van der Waals surface area contributed by atoms with Gasteiger partial charge < -0.3 is 21.1 Å². The summed E-state index contributed by atoms with van der Waals surface area (Å²) in [6.07, 6.45) is 3.31. The molecule has 1 aromatic rings. The lowest BCUT2D eigenvalue weighted by molar-refractivity contribution is -0.137. The number of anilines is 1. The van der Waals surface area contributed by atoms with Crippen LogP contribution in [-0.2, 0) is 4.79 Å². The second kappa shape index (κ2) is 7.62. The monoisotopic (exact) mass is 319 g/mol. The molecule has 0 aliphatic carbocycles. The van der Waals surface area contributed by atoms with Crippen molar-refractivity contribution < 1.29 is 19.5 Å². The molecular formula is C16H21N3O4. The summed E-state index contributed by atoms with van der Waals surface area (Å²) in [5, 5.41) is 11.3. The molecule has 23 heavy (non-hydrogen) atoms. The zero-order chi connectivity index (χ0) is 16.8. The van der Waals surface area contributed by atoms with E-state index in [0.717, 1.165) is 19.3 Å². The van der Waals surface area contributed by atoms with Crippen molar-refractivity contribution in [3.8, 4) is 0 Å². The molecule has 1 saturated heterocycles. The van der Waals surface area contributed by atoms with Crippen molar-refractivity contribution in [3.05, 3.63) is 29.8 Å². The van der Waals surface area contributed by atoms with Gasteiger partial charge in [-0.15, -0.1) is 0 Å². The first kappa shape index (κ1) is 16.8. The molecule has 1 aromatic carbocycles. The van der Waals surface area contributed by atoms with Crippen LogP contribution in [0.4, 0.5) is 10.5 Å². The number of nitrogens with one attached hydrogen (secondary N) is 1. The summed E-state index contributed by atoms with van der Waals surface area (Å²) in [5.41, 5.74) is 6.08. The summed E-state index contributed by atoms with van der Waals surface area (Å²) in [4.78, 5) is 36.0. The third-order valence-electron chi connectivity index (χ3n) is 3.98. The van der Waals surface area contributed by atoms with Crippen molar-refractivity contribution in [2.75, 3.05) is 11.9 Å². The van der Waals surface area contributed by atoms with E-state index >= 15 is 0 Å². The van der Waals surface area contributed by atoms with Crippen LogP contribution in [0, 0.1) is 0 Å². The molecule has 0 saturated carbocycles. The van der Waals surface area contributed by atoms with Gasteiger partial charge >= 0.3 is 12.0 Å². The lowest BCUT2D eigenvalue weighted by atomic mass is 9.97. The number of carboxylic acid groups (broad SMARTS) is 1. The van der Waals surface area contributed by atoms with Gasteiger partial charge in [0.15, 0.2) is 0 Å². The Labute approximate surface area is 134 Å². The van der Waals surface area contributed by atoms with Crippen molar-refractivity contribution in [3.63, 3.8) is 0 Å². The standard InChI is InChI=1S/C16H21N3O4/c17-16(23)18-12-6-4-11(5-7-12)15(22)19-10-2-1-3-13(19)8-9-14(20)21/h4-7,13H,1-3,8-10H2,(H,20,21)(H3,17,18,23). The smallest absolute Gasteiger partial charge is 0.316 e. The number of hydrogen-bond donors (Lipinski definition) is 3. The number of benzene rings is 1. The van der Waals surface area contributed by atoms with Gasteiger partial charge in [0.25, 0.3) is 5.91 Å². The SMILES string of the molecule is NC(=O)Nc1ccc(C(=O)N2CCCCC2CCC(=O)O)cc1. The number of piperidine rings is 1. The number of nitrogens with two attached hydrogens (primary N) is 1. The van der Waals surface area contributed by atoms with Crippen LogP contribution in [0.15, 0.2) is 24.3 Å². The maximum absolute atomic E-state index is 12.7. The molecule has 0 spiro atoms. The first-order valence-corrected chi connectivity index (χ1v) is 7.66. The van der Waals surface area contributed by atoms with Gasteiger partial charge in [-0.25, -0.2) is 4.79 Å². The van der Waals surface area contributed by atoms with Crippen LogP contribution in [0.3, 0.4) is 0 Å². The fourth-order valence-corrected chi connectivity index (χ4v) is 2.86. The van der Waals surface area contributed by atoms with Crippen LogP contribution in [0.25, 0.3) is 0 Å². The highest BCUT2D eigenvalue weighted by atomic mass is 16.4. The van der Waals surface area contributed by atoms with E-state index in [4.69, 9.17) is 10.8 Å². The Hall–Kier alpha value is -2.57. The van der Waals surface area contributed by atoms with Crippen molar-refractivity contribution >= 4 is 23.6 Å². The molecule has 0 radical (unpaired) electrons. The maximum atomic E-state index is 12.7. The van der Waals surface area contributed by atoms with E-state index in [1.165, 1.54) is 0 Å². The van der Waals surface area contributed by atoms with Crippen molar-refractivity contribution in [2.45, 2.75) is 38.1 Å². The fourth-order valence-electron chi connectivity index (χ4n) is 2.86. The summed E-state index contributed by atoms with van der Waals surface area (Å²) < 4.78 is 0. The van der Waals surface area contributed by atoms with Gasteiger partial charge in [0.1, 0.15) is 0 Å². The zero-order valence-corrected chi connectivity index (χ0v) is 12.8. The first-order chi connectivity index (χ1) is 11.0. The van der Waals surface area contributed by atoms with Gasteiger partial charge in [-0.05, 0) is 49.9 Å². The summed E-state index contributed by atoms with van der Waals surface area (Å²) in [7, 11) is 0. The van der Waals surface area contributed by atoms with Crippen molar-refractivity contribution in [1.82, 2.24) is 4.90 Å². The number of amides is 3. The average Bonchev–Trinajstić information content (AvgIpc) is 2.52. The Morgan fingerprint density at radius 3 is 2.52 bits per heavy atom. The van der Waals surface area contributed by atoms with E-state index in [1.807, 2.05) is 0 Å². The van der Waals surface area contributed by atoms with Gasteiger partial charge in [0.05, 0.1) is 0 Å². The van der Waals surface area contributed by atoms with E-state index in [2.05, 4.69) is 5.32 Å². The minimum absolute atomic E-state index is 0.0317. The van der Waals surface area contributed by atoms with E-state index in [-0.39, 0.29) is 18.4 Å². The molecular weight excluding hydrogens is 298 g/mol. The number of aliphatic carboxylic acids is 1. The Kier molecular flexibility index (Phi) is 5.56. The summed E-state index contributed by atoms with van der Waals surface area (Å²) >= 11 is 0. The summed E-state index contributed by atoms with van der Waals surface area (Å²) in [6.45, 7) is 0.643. The second-order valence-electron chi connectivity index (χ2n) is 5.65. The Balaban J connectivity index is 2.06. The van der Waals surface area contributed by atoms with Gasteiger partial charge in [0.2, 0.25) is 0 Å². The minimum Gasteiger partial charge on any atom is -0.481 e. The van der Waals surface area contributed by atoms with E-state index in [9.17, 15) is 14.4 Å². The Morgan fingerprint density at radius 2 is 1.91 bits per heavy atom. The molecule has 1 atom stereocenters. The largest absolute Gasteiger partial charge is 0.481 e. The van der Waals surface area contributed by atoms with Gasteiger partial charge in [-0.2, -0.15) is 0 Å². The van der Waals surface area contributed by atoms with E-state index in [1.54, 1.807) is 29.2 Å². The highest BCUT2D eigenvalue weighted by molar-refractivity contribution is 5.95. The molecule has 0 bridgehead atoms. The third kappa shape index (κ3) is 4.70. The van der Waals surface area contributed by atoms with Crippen LogP contribution >= 0.6 is 0 Å². The summed E-state index contributed by atoms with van der Waals surface area (Å²) in [5.74, 6) is -0.949. The molecule has 1 heterocycles. The number of nitrogens with zero attached hydrogens (tertiary/aromatic N) is 1. The van der Waals surface area contributed by atoms with E-state index < -0.39 is 12.0 Å². The maximum Gasteiger partial charge on any atom is 0.316 e. The third-order valence-corrected chi connectivity index (χ3v) is 3.98. The van der Waals surface area contributed by atoms with Gasteiger partial charge in [0, 0.05) is 30.3 Å². The van der Waals surface area contributed by atoms with Gasteiger partial charge in [-0.3, -0.25) is 9.59 Å². The molecule has 1 aliphatic heterocycles. The molecule has 0 aromatic heterocycles. The predicted molar refractivity (Wildman–Crippen MR) is 85.2 cm³/mol. The second-order valence-corrected chi connectivity index (χ2v) is 5.65. The predicted octanol–water partition coefficient (Wildman–Crippen LogP) is 2.04. The summed E-state index contributed by atoms with van der Waals surface area (Å²) in [6, 6.07) is 5.82. The molecule has 1 fully saturated rings. The van der Waals surface area contributed by atoms with Crippen LogP contribution in [-0.4, -0.2) is 40.5 Å². The number of primary amides is 1. The number of rotatable bonds is 5. The number of carbonyl (C=O) groups excluding carboxylic acids is 2. The normalized spacial score (nSPS) is 17.6. The molecule has 7 nitrogen and oxygen atoms in total. The highest BCUT2D eigenvalue weighted by Crippen LogP contribution is 2.23. The topological polar surface area (TPSA) is 113 Å². The number of urea groups is 1. The molecule has 4 N–H and O–H groups in total. The highest BCUT2D eigenvalue weighted by Gasteiger charge is 2.27. The van der Waals surface area contributed by atoms with Gasteiger partial charge in [-0.1, -0.05) is 0 Å². The average molecular weight is 319 g/mol. The first-order valence-electron chi connectivity index (χ1n) is 7.66. The Bertz CT molecular complexity index is 585. The van der Waals surface area contributed by atoms with Crippen LogP contribution in [0.1, 0.15) is 42.5 Å². The molecule has 124 valence electrons. The minimum atomic E-state index is -0.843. The number of likely N-dealkylation sites (tertiary alicyclic amines) is 1. The molecule has 3 amide bonds. The lowest BCUT2D eigenvalue weighted by Gasteiger charge is -2.35. The molecule has 1 unspecified atom stereocenters. The fraction of sp³-hybridized carbons (Fsp3) is 0.438. The molecule has 2 rings (SSSR count). The molecule has 7 heteroatoms. The van der Waals surface area contributed by atoms with Crippen LogP contribution in [0.2, 0.25) is 0 Å². The lowest BCUT2D eigenvalue weighted by Crippen LogP contribution is -2.43.